The molecule has 222 valence electrons. The molecule has 0 atom stereocenters. The van der Waals surface area contributed by atoms with Crippen LogP contribution >= 0.6 is 0 Å². The first-order chi connectivity index (χ1) is 19.9. The summed E-state index contributed by atoms with van der Waals surface area (Å²) in [6, 6.07) is 21.0. The number of nitrogens with zero attached hydrogens (tertiary/aromatic N) is 1. The van der Waals surface area contributed by atoms with Crippen molar-refractivity contribution >= 4 is 21.5 Å². The zero-order valence-corrected chi connectivity index (χ0v) is 28.1. The minimum Gasteiger partial charge on any atom is -0.294 e. The van der Waals surface area contributed by atoms with Crippen molar-refractivity contribution in [3.8, 4) is 11.3 Å². The van der Waals surface area contributed by atoms with Crippen molar-refractivity contribution in [2.75, 3.05) is 0 Å². The van der Waals surface area contributed by atoms with Crippen LogP contribution in [0.2, 0.25) is 0 Å². The number of pyridine rings is 1. The number of benzene rings is 3. The van der Waals surface area contributed by atoms with Crippen LogP contribution in [0.15, 0.2) is 78.0 Å². The normalized spacial score (nSPS) is 13.8. The van der Waals surface area contributed by atoms with Gasteiger partial charge in [0.2, 0.25) is 0 Å². The third kappa shape index (κ3) is 8.00. The summed E-state index contributed by atoms with van der Waals surface area (Å²) in [4.78, 5) is 4.55. The van der Waals surface area contributed by atoms with Gasteiger partial charge in [-0.25, -0.2) is 28.5 Å². The van der Waals surface area contributed by atoms with Crippen molar-refractivity contribution in [2.45, 2.75) is 85.0 Å². The number of fused-ring (bicyclic) bond motifs is 2. The van der Waals surface area contributed by atoms with E-state index in [2.05, 4.69) is 76.0 Å². The quantitative estimate of drug-likeness (QED) is 0.123. The van der Waals surface area contributed by atoms with Crippen LogP contribution in [0.25, 0.3) is 32.8 Å². The maximum absolute atomic E-state index is 14.6. The molecule has 1 saturated carbocycles. The van der Waals surface area contributed by atoms with E-state index in [1.54, 1.807) is 12.1 Å². The molecule has 0 spiro atoms. The minimum absolute atomic E-state index is 0. The topological polar surface area (TPSA) is 12.9 Å². The van der Waals surface area contributed by atoms with Crippen molar-refractivity contribution < 1.29 is 24.5 Å². The number of halogens is 1. The third-order valence-corrected chi connectivity index (χ3v) is 8.91. The summed E-state index contributed by atoms with van der Waals surface area (Å²) >= 11 is 0. The largest absolute Gasteiger partial charge is 3.00 e. The fraction of sp³-hybridized carbons (Fsp3) is 0.385. The maximum atomic E-state index is 14.6. The van der Waals surface area contributed by atoms with Gasteiger partial charge in [-0.05, 0) is 47.1 Å². The van der Waals surface area contributed by atoms with Crippen LogP contribution in [-0.4, -0.2) is 4.98 Å². The smallest absolute Gasteiger partial charge is 0.294 e. The fourth-order valence-electron chi connectivity index (χ4n) is 6.26. The summed E-state index contributed by atoms with van der Waals surface area (Å²) in [5.41, 5.74) is 5.13. The monoisotopic (exact) mass is 739 g/mol. The van der Waals surface area contributed by atoms with E-state index >= 15 is 0 Å². The Morgan fingerprint density at radius 3 is 2.29 bits per heavy atom. The van der Waals surface area contributed by atoms with E-state index in [1.165, 1.54) is 42.2 Å². The standard InChI is InChI=1S/C24H19FN.C15H26.Ir/c25-23-15-20(14-18-7-3-4-8-21(18)23)24-22-10-9-17(16-5-1-2-6-16)13-19(22)11-12-26-24;1-7-14(8-2)12(5)11-13(6)15(9-3)10-4;/h3-4,7-13,15-16H,1-2,5-6H2;5,11,14-15H,6-10H2,1-4H3;/q-1;-2;+3/b;13-11+;. The average molecular weight is 739 g/mol. The summed E-state index contributed by atoms with van der Waals surface area (Å²) in [6.45, 7) is 19.0. The van der Waals surface area contributed by atoms with Gasteiger partial charge in [0, 0.05) is 11.9 Å². The second-order valence-corrected chi connectivity index (χ2v) is 11.4. The van der Waals surface area contributed by atoms with E-state index in [9.17, 15) is 4.39 Å². The molecule has 3 aromatic carbocycles. The summed E-state index contributed by atoms with van der Waals surface area (Å²) in [6.07, 6.45) is 13.7. The maximum Gasteiger partial charge on any atom is 3.00 e. The van der Waals surface area contributed by atoms with Crippen molar-refractivity contribution in [3.63, 3.8) is 0 Å². The van der Waals surface area contributed by atoms with Crippen LogP contribution in [0.5, 0.6) is 0 Å². The van der Waals surface area contributed by atoms with Crippen LogP contribution in [0.3, 0.4) is 0 Å². The molecule has 1 nitrogen and oxygen atoms in total. The molecule has 0 aliphatic heterocycles. The van der Waals surface area contributed by atoms with Crippen LogP contribution < -0.4 is 0 Å². The van der Waals surface area contributed by atoms with Gasteiger partial charge in [0.1, 0.15) is 0 Å². The van der Waals surface area contributed by atoms with Gasteiger partial charge >= 0.3 is 20.1 Å². The van der Waals surface area contributed by atoms with E-state index in [0.29, 0.717) is 28.7 Å². The van der Waals surface area contributed by atoms with Gasteiger partial charge in [0.25, 0.3) is 0 Å². The van der Waals surface area contributed by atoms with E-state index in [4.69, 9.17) is 6.58 Å². The zero-order chi connectivity index (χ0) is 29.4. The number of aromatic nitrogens is 1. The summed E-state index contributed by atoms with van der Waals surface area (Å²) in [5.74, 6) is 1.57. The Hall–Kier alpha value is -2.74. The molecule has 0 amide bonds. The van der Waals surface area contributed by atoms with Crippen LogP contribution in [-0.2, 0) is 20.1 Å². The fourth-order valence-corrected chi connectivity index (χ4v) is 6.26. The van der Waals surface area contributed by atoms with Crippen molar-refractivity contribution in [1.82, 2.24) is 4.98 Å². The minimum atomic E-state index is -0.226. The van der Waals surface area contributed by atoms with E-state index in [0.717, 1.165) is 47.7 Å². The Balaban J connectivity index is 0.000000263. The Morgan fingerprint density at radius 2 is 1.62 bits per heavy atom. The molecule has 0 N–H and O–H groups in total. The van der Waals surface area contributed by atoms with Crippen LogP contribution in [0.1, 0.15) is 90.5 Å². The average Bonchev–Trinajstić information content (AvgIpc) is 3.53. The Kier molecular flexibility index (Phi) is 13.0. The van der Waals surface area contributed by atoms with Crippen LogP contribution in [0.4, 0.5) is 4.39 Å². The van der Waals surface area contributed by atoms with Crippen molar-refractivity contribution in [2.24, 2.45) is 11.8 Å². The number of allylic oxidation sites excluding steroid dienone is 3. The molecule has 1 aliphatic rings. The van der Waals surface area contributed by atoms with Crippen LogP contribution in [0, 0.1) is 37.2 Å². The van der Waals surface area contributed by atoms with Crippen molar-refractivity contribution in [3.05, 3.63) is 109 Å². The van der Waals surface area contributed by atoms with Gasteiger partial charge in [-0.15, -0.1) is 17.5 Å². The number of hydrogen-bond donors (Lipinski definition) is 0. The van der Waals surface area contributed by atoms with Gasteiger partial charge in [0.05, 0.1) is 5.82 Å². The van der Waals surface area contributed by atoms with E-state index in [1.807, 2.05) is 24.4 Å². The molecule has 4 aromatic rings. The van der Waals surface area contributed by atoms with Crippen molar-refractivity contribution in [1.29, 1.82) is 0 Å². The summed E-state index contributed by atoms with van der Waals surface area (Å²) in [7, 11) is 0. The molecule has 0 bridgehead atoms. The number of hydrogen-bond acceptors (Lipinski definition) is 1. The summed E-state index contributed by atoms with van der Waals surface area (Å²) < 4.78 is 14.6. The third-order valence-electron chi connectivity index (χ3n) is 8.91. The predicted molar refractivity (Wildman–Crippen MR) is 174 cm³/mol. The molecule has 3 heteroatoms. The molecular weight excluding hydrogens is 694 g/mol. The molecule has 1 heterocycles. The molecule has 0 unspecified atom stereocenters. The first-order valence-electron chi connectivity index (χ1n) is 15.5. The molecule has 1 aliphatic carbocycles. The molecule has 1 aromatic heterocycles. The molecule has 0 radical (unpaired) electrons. The molecule has 1 fully saturated rings. The Bertz CT molecular complexity index is 1490. The second kappa shape index (κ2) is 16.2. The van der Waals surface area contributed by atoms with Gasteiger partial charge in [-0.1, -0.05) is 126 Å². The first-order valence-corrected chi connectivity index (χ1v) is 15.5. The molecule has 5 rings (SSSR count). The zero-order valence-electron chi connectivity index (χ0n) is 25.7. The Morgan fingerprint density at radius 1 is 0.952 bits per heavy atom. The Labute approximate surface area is 267 Å². The predicted octanol–water partition coefficient (Wildman–Crippen LogP) is 11.6. The summed E-state index contributed by atoms with van der Waals surface area (Å²) in [5, 5.41) is 3.60. The molecular formula is C39H45FIrN. The first kappa shape index (κ1) is 33.8. The molecule has 42 heavy (non-hydrogen) atoms. The van der Waals surface area contributed by atoms with E-state index < -0.39 is 0 Å². The SMILES string of the molecule is Fc1cc(-c2nccc3cc(C4CCCC4)ccc23)[c-]c2ccccc12.[CH-]=C(/C=C(\[CH2-])C(CC)CC)C(CC)CC.[Ir+3]. The number of rotatable bonds is 9. The van der Waals surface area contributed by atoms with Gasteiger partial charge < -0.3 is 0 Å². The van der Waals surface area contributed by atoms with E-state index in [-0.39, 0.29) is 25.9 Å². The second-order valence-electron chi connectivity index (χ2n) is 11.4. The van der Waals surface area contributed by atoms with Gasteiger partial charge in [-0.2, -0.15) is 0 Å². The van der Waals surface area contributed by atoms with Gasteiger partial charge in [0.15, 0.2) is 0 Å². The van der Waals surface area contributed by atoms with Gasteiger partial charge in [-0.3, -0.25) is 11.6 Å². The molecule has 0 saturated heterocycles.